The zero-order valence-electron chi connectivity index (χ0n) is 8.07. The van der Waals surface area contributed by atoms with Crippen molar-refractivity contribution in [3.05, 3.63) is 35.1 Å². The first-order valence-electron chi connectivity index (χ1n) is 4.78. The van der Waals surface area contributed by atoms with Gasteiger partial charge in [0.15, 0.2) is 0 Å². The summed E-state index contributed by atoms with van der Waals surface area (Å²) in [5.41, 5.74) is 1.20. The third-order valence-electron chi connectivity index (χ3n) is 2.20. The normalized spacial score (nSPS) is 15.0. The summed E-state index contributed by atoms with van der Waals surface area (Å²) >= 11 is 0. The van der Waals surface area contributed by atoms with Crippen molar-refractivity contribution in [3.63, 3.8) is 0 Å². The lowest BCUT2D eigenvalue weighted by Crippen LogP contribution is -1.89. The summed E-state index contributed by atoms with van der Waals surface area (Å²) in [6.45, 7) is 0. The Morgan fingerprint density at radius 3 is 2.93 bits per heavy atom. The van der Waals surface area contributed by atoms with Crippen LogP contribution in [0.5, 0.6) is 0 Å². The van der Waals surface area contributed by atoms with Crippen molar-refractivity contribution in [2.75, 3.05) is 0 Å². The van der Waals surface area contributed by atoms with Crippen LogP contribution in [0.4, 0.5) is 4.39 Å². The summed E-state index contributed by atoms with van der Waals surface area (Å²) in [6, 6.07) is 4.22. The number of oxime groups is 1. The average Bonchev–Trinajstić information content (AvgIpc) is 3.02. The molecule has 0 aliphatic heterocycles. The molecule has 1 aromatic carbocycles. The van der Waals surface area contributed by atoms with Gasteiger partial charge in [0.2, 0.25) is 0 Å². The van der Waals surface area contributed by atoms with Crippen LogP contribution in [-0.4, -0.2) is 11.4 Å². The molecule has 2 nitrogen and oxygen atoms in total. The smallest absolute Gasteiger partial charge is 0.124 e. The van der Waals surface area contributed by atoms with Crippen LogP contribution in [0.3, 0.4) is 0 Å². The quantitative estimate of drug-likeness (QED) is 0.323. The minimum absolute atomic E-state index is 0.329. The van der Waals surface area contributed by atoms with Gasteiger partial charge in [-0.1, -0.05) is 17.0 Å². The molecule has 2 rings (SSSR count). The first kappa shape index (κ1) is 9.72. The Labute approximate surface area is 87.4 Å². The van der Waals surface area contributed by atoms with E-state index in [0.717, 1.165) is 12.8 Å². The summed E-state index contributed by atoms with van der Waals surface area (Å²) in [4.78, 5) is 0. The highest BCUT2D eigenvalue weighted by Crippen LogP contribution is 2.27. The molecule has 1 fully saturated rings. The second kappa shape index (κ2) is 4.14. The zero-order valence-corrected chi connectivity index (χ0v) is 8.07. The Hall–Kier alpha value is -1.82. The lowest BCUT2D eigenvalue weighted by Gasteiger charge is -1.97. The zero-order chi connectivity index (χ0) is 10.7. The predicted molar refractivity (Wildman–Crippen MR) is 55.4 cm³/mol. The fourth-order valence-corrected chi connectivity index (χ4v) is 1.22. The third-order valence-corrected chi connectivity index (χ3v) is 2.20. The van der Waals surface area contributed by atoms with Crippen LogP contribution in [0.25, 0.3) is 0 Å². The molecule has 0 saturated heterocycles. The van der Waals surface area contributed by atoms with Crippen LogP contribution in [0.1, 0.15) is 24.0 Å². The van der Waals surface area contributed by atoms with E-state index < -0.39 is 0 Å². The molecule has 15 heavy (non-hydrogen) atoms. The molecule has 1 aromatic rings. The molecule has 1 saturated carbocycles. The van der Waals surface area contributed by atoms with Crippen molar-refractivity contribution < 1.29 is 9.60 Å². The monoisotopic (exact) mass is 203 g/mol. The Bertz CT molecular complexity index is 452. The molecule has 1 N–H and O–H groups in total. The minimum atomic E-state index is -0.329. The molecule has 0 spiro atoms. The van der Waals surface area contributed by atoms with Crippen LogP contribution in [0.2, 0.25) is 0 Å². The standard InChI is InChI=1S/C12H10FNO/c13-12-6-5-11(8-14-15)10(7-12)4-3-9-1-2-9/h5-9,15H,1-2H2/b14-8+. The topological polar surface area (TPSA) is 32.6 Å². The van der Waals surface area contributed by atoms with Gasteiger partial charge in [0.1, 0.15) is 5.82 Å². The van der Waals surface area contributed by atoms with Crippen molar-refractivity contribution >= 4 is 6.21 Å². The van der Waals surface area contributed by atoms with E-state index in [9.17, 15) is 4.39 Å². The molecule has 1 aliphatic rings. The lowest BCUT2D eigenvalue weighted by molar-refractivity contribution is 0.322. The number of benzene rings is 1. The molecule has 0 aromatic heterocycles. The van der Waals surface area contributed by atoms with E-state index in [1.54, 1.807) is 6.07 Å². The highest BCUT2D eigenvalue weighted by Gasteiger charge is 2.17. The Kier molecular flexibility index (Phi) is 2.68. The van der Waals surface area contributed by atoms with Gasteiger partial charge in [0, 0.05) is 17.0 Å². The largest absolute Gasteiger partial charge is 0.411 e. The Balaban J connectivity index is 2.33. The van der Waals surface area contributed by atoms with Crippen molar-refractivity contribution in [1.82, 2.24) is 0 Å². The molecule has 1 aliphatic carbocycles. The van der Waals surface area contributed by atoms with Gasteiger partial charge < -0.3 is 5.21 Å². The van der Waals surface area contributed by atoms with E-state index in [1.165, 1.54) is 18.3 Å². The lowest BCUT2D eigenvalue weighted by atomic mass is 10.1. The van der Waals surface area contributed by atoms with Crippen molar-refractivity contribution in [2.45, 2.75) is 12.8 Å². The highest BCUT2D eigenvalue weighted by molar-refractivity contribution is 5.83. The first-order chi connectivity index (χ1) is 7.29. The molecule has 76 valence electrons. The molecular formula is C12H10FNO. The molecule has 0 unspecified atom stereocenters. The predicted octanol–water partition coefficient (Wildman–Crippen LogP) is 2.40. The molecule has 0 bridgehead atoms. The molecule has 0 amide bonds. The molecular weight excluding hydrogens is 193 g/mol. The maximum atomic E-state index is 13.0. The second-order valence-corrected chi connectivity index (χ2v) is 3.52. The Morgan fingerprint density at radius 2 is 2.27 bits per heavy atom. The molecule has 3 heteroatoms. The number of hydrogen-bond donors (Lipinski definition) is 1. The van der Waals surface area contributed by atoms with Gasteiger partial charge in [-0.15, -0.1) is 0 Å². The van der Waals surface area contributed by atoms with Gasteiger partial charge in [-0.2, -0.15) is 0 Å². The number of hydrogen-bond acceptors (Lipinski definition) is 2. The maximum Gasteiger partial charge on any atom is 0.124 e. The maximum absolute atomic E-state index is 13.0. The highest BCUT2D eigenvalue weighted by atomic mass is 19.1. The first-order valence-corrected chi connectivity index (χ1v) is 4.78. The fourth-order valence-electron chi connectivity index (χ4n) is 1.22. The van der Waals surface area contributed by atoms with Gasteiger partial charge in [-0.05, 0) is 31.0 Å². The van der Waals surface area contributed by atoms with Crippen molar-refractivity contribution in [2.24, 2.45) is 11.1 Å². The van der Waals surface area contributed by atoms with E-state index in [0.29, 0.717) is 17.0 Å². The Morgan fingerprint density at radius 1 is 1.47 bits per heavy atom. The SMILES string of the molecule is O/N=C/c1ccc(F)cc1C#CC1CC1. The molecule has 0 radical (unpaired) electrons. The van der Waals surface area contributed by atoms with E-state index in [2.05, 4.69) is 17.0 Å². The van der Waals surface area contributed by atoms with E-state index in [4.69, 9.17) is 5.21 Å². The van der Waals surface area contributed by atoms with Crippen molar-refractivity contribution in [1.29, 1.82) is 0 Å². The van der Waals surface area contributed by atoms with Crippen LogP contribution in [0, 0.1) is 23.6 Å². The van der Waals surface area contributed by atoms with Crippen LogP contribution in [0.15, 0.2) is 23.4 Å². The van der Waals surface area contributed by atoms with Gasteiger partial charge in [-0.25, -0.2) is 4.39 Å². The minimum Gasteiger partial charge on any atom is -0.411 e. The number of rotatable bonds is 1. The summed E-state index contributed by atoms with van der Waals surface area (Å²) in [5.74, 6) is 6.08. The second-order valence-electron chi connectivity index (χ2n) is 3.52. The summed E-state index contributed by atoms with van der Waals surface area (Å²) in [7, 11) is 0. The van der Waals surface area contributed by atoms with Gasteiger partial charge >= 0.3 is 0 Å². The van der Waals surface area contributed by atoms with Crippen molar-refractivity contribution in [3.8, 4) is 11.8 Å². The molecule has 0 atom stereocenters. The third kappa shape index (κ3) is 2.57. The van der Waals surface area contributed by atoms with E-state index in [-0.39, 0.29) is 5.82 Å². The van der Waals surface area contributed by atoms with Crippen LogP contribution < -0.4 is 0 Å². The summed E-state index contributed by atoms with van der Waals surface area (Å²) in [5, 5.41) is 11.4. The summed E-state index contributed by atoms with van der Waals surface area (Å²) < 4.78 is 13.0. The number of halogens is 1. The van der Waals surface area contributed by atoms with Gasteiger partial charge in [0.25, 0.3) is 0 Å². The summed E-state index contributed by atoms with van der Waals surface area (Å²) in [6.07, 6.45) is 3.52. The van der Waals surface area contributed by atoms with Crippen LogP contribution >= 0.6 is 0 Å². The van der Waals surface area contributed by atoms with Gasteiger partial charge in [0.05, 0.1) is 6.21 Å². The number of nitrogens with zero attached hydrogens (tertiary/aromatic N) is 1. The van der Waals surface area contributed by atoms with E-state index >= 15 is 0 Å². The van der Waals surface area contributed by atoms with E-state index in [1.807, 2.05) is 0 Å². The molecule has 0 heterocycles. The van der Waals surface area contributed by atoms with Gasteiger partial charge in [-0.3, -0.25) is 0 Å². The fraction of sp³-hybridized carbons (Fsp3) is 0.250. The van der Waals surface area contributed by atoms with Crippen LogP contribution in [-0.2, 0) is 0 Å². The average molecular weight is 203 g/mol.